The lowest BCUT2D eigenvalue weighted by Crippen LogP contribution is -2.33. The average molecular weight is 290 g/mol. The van der Waals surface area contributed by atoms with Gasteiger partial charge in [0.2, 0.25) is 0 Å². The number of hydrogen-bond donors (Lipinski definition) is 0. The zero-order chi connectivity index (χ0) is 15.2. The van der Waals surface area contributed by atoms with Crippen molar-refractivity contribution in [2.24, 2.45) is 0 Å². The van der Waals surface area contributed by atoms with Crippen molar-refractivity contribution in [3.8, 4) is 5.75 Å². The van der Waals surface area contributed by atoms with E-state index in [4.69, 9.17) is 4.74 Å². The largest absolute Gasteiger partial charge is 0.415 e. The highest BCUT2D eigenvalue weighted by molar-refractivity contribution is 5.70. The van der Waals surface area contributed by atoms with Crippen molar-refractivity contribution in [3.63, 3.8) is 0 Å². The second kappa shape index (κ2) is 7.46. The zero-order valence-corrected chi connectivity index (χ0v) is 13.3. The standard InChI is InChI=1S/C17H26N2O2/c1-4-19(5-2)17(20)21-15-10-8-9-14(13-15)16-11-6-7-12-18(16)3/h8-10,13,16H,4-7,11-12H2,1-3H3. The predicted octanol–water partition coefficient (Wildman–Crippen LogP) is 3.68. The van der Waals surface area contributed by atoms with E-state index in [9.17, 15) is 4.79 Å². The van der Waals surface area contributed by atoms with Crippen molar-refractivity contribution in [3.05, 3.63) is 29.8 Å². The molecule has 0 N–H and O–H groups in total. The second-order valence-corrected chi connectivity index (χ2v) is 5.60. The van der Waals surface area contributed by atoms with Crippen LogP contribution in [0.4, 0.5) is 4.79 Å². The summed E-state index contributed by atoms with van der Waals surface area (Å²) in [6.45, 7) is 6.38. The third-order valence-electron chi connectivity index (χ3n) is 4.24. The predicted molar refractivity (Wildman–Crippen MR) is 84.6 cm³/mol. The van der Waals surface area contributed by atoms with E-state index in [1.807, 2.05) is 32.0 Å². The normalized spacial score (nSPS) is 19.3. The summed E-state index contributed by atoms with van der Waals surface area (Å²) in [6.07, 6.45) is 3.43. The number of hydrogen-bond acceptors (Lipinski definition) is 3. The van der Waals surface area contributed by atoms with E-state index in [1.54, 1.807) is 4.90 Å². The van der Waals surface area contributed by atoms with Crippen LogP contribution in [0.5, 0.6) is 5.75 Å². The summed E-state index contributed by atoms with van der Waals surface area (Å²) in [6, 6.07) is 8.40. The topological polar surface area (TPSA) is 32.8 Å². The molecule has 1 aromatic rings. The molecule has 2 rings (SSSR count). The van der Waals surface area contributed by atoms with Gasteiger partial charge in [0, 0.05) is 19.1 Å². The Bertz CT molecular complexity index is 472. The van der Waals surface area contributed by atoms with Gasteiger partial charge < -0.3 is 9.64 Å². The van der Waals surface area contributed by atoms with Crippen molar-refractivity contribution in [2.45, 2.75) is 39.2 Å². The Morgan fingerprint density at radius 1 is 1.33 bits per heavy atom. The molecule has 1 aliphatic rings. The van der Waals surface area contributed by atoms with Gasteiger partial charge in [-0.2, -0.15) is 0 Å². The third-order valence-corrected chi connectivity index (χ3v) is 4.24. The fourth-order valence-electron chi connectivity index (χ4n) is 2.93. The van der Waals surface area contributed by atoms with Gasteiger partial charge in [-0.15, -0.1) is 0 Å². The number of carbonyl (C=O) groups is 1. The van der Waals surface area contributed by atoms with Gasteiger partial charge in [-0.1, -0.05) is 18.6 Å². The quantitative estimate of drug-likeness (QED) is 0.848. The number of likely N-dealkylation sites (tertiary alicyclic amines) is 1. The maximum Gasteiger partial charge on any atom is 0.415 e. The van der Waals surface area contributed by atoms with E-state index < -0.39 is 0 Å². The van der Waals surface area contributed by atoms with Gasteiger partial charge in [-0.25, -0.2) is 4.79 Å². The molecule has 21 heavy (non-hydrogen) atoms. The molecule has 0 saturated carbocycles. The summed E-state index contributed by atoms with van der Waals surface area (Å²) in [5.41, 5.74) is 1.24. The molecule has 0 bridgehead atoms. The van der Waals surface area contributed by atoms with Crippen molar-refractivity contribution < 1.29 is 9.53 Å². The molecule has 1 amide bonds. The maximum atomic E-state index is 12.0. The van der Waals surface area contributed by atoms with Gasteiger partial charge in [0.25, 0.3) is 0 Å². The van der Waals surface area contributed by atoms with Crippen LogP contribution in [0.25, 0.3) is 0 Å². The SMILES string of the molecule is CCN(CC)C(=O)Oc1cccc(C2CCCCN2C)c1. The highest BCUT2D eigenvalue weighted by Gasteiger charge is 2.21. The molecule has 1 heterocycles. The van der Waals surface area contributed by atoms with Gasteiger partial charge in [-0.05, 0) is 58.0 Å². The van der Waals surface area contributed by atoms with E-state index in [0.717, 1.165) is 6.54 Å². The van der Waals surface area contributed by atoms with E-state index >= 15 is 0 Å². The minimum atomic E-state index is -0.269. The lowest BCUT2D eigenvalue weighted by molar-refractivity contribution is 0.157. The van der Waals surface area contributed by atoms with Gasteiger partial charge in [0.05, 0.1) is 0 Å². The number of amides is 1. The summed E-state index contributed by atoms with van der Waals surface area (Å²) in [5, 5.41) is 0. The summed E-state index contributed by atoms with van der Waals surface area (Å²) in [7, 11) is 2.17. The van der Waals surface area contributed by atoms with E-state index in [-0.39, 0.29) is 6.09 Å². The van der Waals surface area contributed by atoms with Crippen LogP contribution in [-0.2, 0) is 0 Å². The molecule has 0 radical (unpaired) electrons. The fourth-order valence-corrected chi connectivity index (χ4v) is 2.93. The van der Waals surface area contributed by atoms with Crippen LogP contribution in [0.3, 0.4) is 0 Å². The first-order chi connectivity index (χ1) is 10.2. The van der Waals surface area contributed by atoms with E-state index in [2.05, 4.69) is 18.0 Å². The molecular weight excluding hydrogens is 264 g/mol. The molecule has 4 nitrogen and oxygen atoms in total. The summed E-state index contributed by atoms with van der Waals surface area (Å²) in [5.74, 6) is 0.642. The van der Waals surface area contributed by atoms with E-state index in [1.165, 1.54) is 24.8 Å². The third kappa shape index (κ3) is 3.97. The molecule has 1 unspecified atom stereocenters. The summed E-state index contributed by atoms with van der Waals surface area (Å²) < 4.78 is 5.49. The van der Waals surface area contributed by atoms with Crippen molar-refractivity contribution in [1.82, 2.24) is 9.80 Å². The van der Waals surface area contributed by atoms with Crippen LogP contribution in [0, 0.1) is 0 Å². The number of carbonyl (C=O) groups excluding carboxylic acids is 1. The number of piperidine rings is 1. The minimum absolute atomic E-state index is 0.269. The Morgan fingerprint density at radius 2 is 2.10 bits per heavy atom. The van der Waals surface area contributed by atoms with Crippen LogP contribution in [-0.4, -0.2) is 42.6 Å². The molecular formula is C17H26N2O2. The van der Waals surface area contributed by atoms with Gasteiger partial charge >= 0.3 is 6.09 Å². The summed E-state index contributed by atoms with van der Waals surface area (Å²) >= 11 is 0. The van der Waals surface area contributed by atoms with Crippen molar-refractivity contribution in [2.75, 3.05) is 26.7 Å². The molecule has 0 aromatic heterocycles. The van der Waals surface area contributed by atoms with Crippen LogP contribution >= 0.6 is 0 Å². The van der Waals surface area contributed by atoms with Crippen LogP contribution in [0.2, 0.25) is 0 Å². The van der Waals surface area contributed by atoms with Gasteiger partial charge in [0.15, 0.2) is 0 Å². The number of ether oxygens (including phenoxy) is 1. The molecule has 1 aromatic carbocycles. The van der Waals surface area contributed by atoms with Crippen molar-refractivity contribution in [1.29, 1.82) is 0 Å². The number of benzene rings is 1. The molecule has 4 heteroatoms. The lowest BCUT2D eigenvalue weighted by Gasteiger charge is -2.32. The molecule has 1 atom stereocenters. The molecule has 1 aliphatic heterocycles. The fraction of sp³-hybridized carbons (Fsp3) is 0.588. The molecule has 0 aliphatic carbocycles. The van der Waals surface area contributed by atoms with Crippen LogP contribution in [0.15, 0.2) is 24.3 Å². The van der Waals surface area contributed by atoms with Crippen LogP contribution in [0.1, 0.15) is 44.7 Å². The van der Waals surface area contributed by atoms with Crippen LogP contribution < -0.4 is 4.74 Å². The first kappa shape index (κ1) is 15.8. The average Bonchev–Trinajstić information content (AvgIpc) is 2.49. The molecule has 1 saturated heterocycles. The zero-order valence-electron chi connectivity index (χ0n) is 13.3. The molecule has 1 fully saturated rings. The molecule has 116 valence electrons. The van der Waals surface area contributed by atoms with Gasteiger partial charge in [0.1, 0.15) is 5.75 Å². The summed E-state index contributed by atoms with van der Waals surface area (Å²) in [4.78, 5) is 16.1. The highest BCUT2D eigenvalue weighted by Crippen LogP contribution is 2.31. The Kier molecular flexibility index (Phi) is 5.62. The smallest absolute Gasteiger partial charge is 0.410 e. The lowest BCUT2D eigenvalue weighted by atomic mass is 9.96. The number of rotatable bonds is 4. The van der Waals surface area contributed by atoms with Gasteiger partial charge in [-0.3, -0.25) is 4.90 Å². The first-order valence-electron chi connectivity index (χ1n) is 7.92. The Hall–Kier alpha value is -1.55. The Morgan fingerprint density at radius 3 is 2.76 bits per heavy atom. The highest BCUT2D eigenvalue weighted by atomic mass is 16.6. The Labute approximate surface area is 127 Å². The molecule has 0 spiro atoms. The monoisotopic (exact) mass is 290 g/mol. The van der Waals surface area contributed by atoms with Crippen molar-refractivity contribution >= 4 is 6.09 Å². The second-order valence-electron chi connectivity index (χ2n) is 5.60. The number of nitrogens with zero attached hydrogens (tertiary/aromatic N) is 2. The first-order valence-corrected chi connectivity index (χ1v) is 7.92. The Balaban J connectivity index is 2.08. The minimum Gasteiger partial charge on any atom is -0.410 e. The maximum absolute atomic E-state index is 12.0. The van der Waals surface area contributed by atoms with E-state index in [0.29, 0.717) is 24.9 Å².